The summed E-state index contributed by atoms with van der Waals surface area (Å²) in [6, 6.07) is 13.6. The Morgan fingerprint density at radius 2 is 2.08 bits per heavy atom. The molecule has 2 aromatic carbocycles. The summed E-state index contributed by atoms with van der Waals surface area (Å²) < 4.78 is 2.62. The highest BCUT2D eigenvalue weighted by atomic mass is 79.9. The Morgan fingerprint density at radius 3 is 2.92 bits per heavy atom. The Kier molecular flexibility index (Phi) is 3.85. The van der Waals surface area contributed by atoms with E-state index in [1.807, 2.05) is 49.4 Å². The molecule has 0 radical (unpaired) electrons. The number of anilines is 1. The molecule has 4 rings (SSSR count). The van der Waals surface area contributed by atoms with Crippen molar-refractivity contribution in [2.24, 2.45) is 0 Å². The molecular weight excluding hydrogens is 382 g/mol. The molecule has 2 N–H and O–H groups in total. The van der Waals surface area contributed by atoms with Crippen LogP contribution in [0.3, 0.4) is 0 Å². The van der Waals surface area contributed by atoms with Gasteiger partial charge in [0.15, 0.2) is 5.82 Å². The Morgan fingerprint density at radius 1 is 1.24 bits per heavy atom. The monoisotopic (exact) mass is 395 g/mol. The predicted octanol–water partition coefficient (Wildman–Crippen LogP) is 4.07. The van der Waals surface area contributed by atoms with Crippen LogP contribution in [-0.2, 0) is 0 Å². The van der Waals surface area contributed by atoms with Crippen LogP contribution in [0.25, 0.3) is 16.6 Å². The van der Waals surface area contributed by atoms with E-state index in [2.05, 4.69) is 36.5 Å². The van der Waals surface area contributed by atoms with Gasteiger partial charge >= 0.3 is 0 Å². The van der Waals surface area contributed by atoms with E-state index in [-0.39, 0.29) is 5.91 Å². The van der Waals surface area contributed by atoms with Crippen molar-refractivity contribution in [1.82, 2.24) is 20.0 Å². The summed E-state index contributed by atoms with van der Waals surface area (Å²) in [4.78, 5) is 12.5. The van der Waals surface area contributed by atoms with Crippen LogP contribution in [0.4, 0.5) is 5.82 Å². The molecule has 1 amide bonds. The molecule has 0 saturated heterocycles. The number of nitrogens with zero attached hydrogens (tertiary/aromatic N) is 3. The normalized spacial score (nSPS) is 11.0. The second-order valence-corrected chi connectivity index (χ2v) is 6.59. The second-order valence-electron chi connectivity index (χ2n) is 5.68. The molecule has 0 aliphatic heterocycles. The van der Waals surface area contributed by atoms with E-state index in [1.54, 1.807) is 17.1 Å². The molecule has 6 nitrogen and oxygen atoms in total. The zero-order valence-corrected chi connectivity index (χ0v) is 14.9. The fourth-order valence-corrected chi connectivity index (χ4v) is 3.01. The van der Waals surface area contributed by atoms with E-state index in [0.29, 0.717) is 11.4 Å². The number of carbonyl (C=O) groups excluding carboxylic acids is 1. The molecule has 4 aromatic rings. The van der Waals surface area contributed by atoms with Gasteiger partial charge in [-0.2, -0.15) is 10.2 Å². The summed E-state index contributed by atoms with van der Waals surface area (Å²) >= 11 is 3.43. The summed E-state index contributed by atoms with van der Waals surface area (Å²) in [5.74, 6) is 0.234. The van der Waals surface area contributed by atoms with Gasteiger partial charge in [0.2, 0.25) is 0 Å². The summed E-state index contributed by atoms with van der Waals surface area (Å²) in [5.41, 5.74) is 3.35. The lowest BCUT2D eigenvalue weighted by Gasteiger charge is -2.04. The molecule has 0 saturated carbocycles. The third-order valence-corrected chi connectivity index (χ3v) is 4.46. The van der Waals surface area contributed by atoms with Gasteiger partial charge in [-0.15, -0.1) is 0 Å². The Labute approximate surface area is 152 Å². The molecule has 0 atom stereocenters. The highest BCUT2D eigenvalue weighted by molar-refractivity contribution is 9.10. The molecule has 0 spiro atoms. The average molecular weight is 396 g/mol. The van der Waals surface area contributed by atoms with Gasteiger partial charge in [0, 0.05) is 16.1 Å². The third-order valence-electron chi connectivity index (χ3n) is 3.96. The van der Waals surface area contributed by atoms with E-state index >= 15 is 0 Å². The van der Waals surface area contributed by atoms with Crippen LogP contribution < -0.4 is 5.32 Å². The molecule has 0 aliphatic carbocycles. The highest BCUT2D eigenvalue weighted by Crippen LogP contribution is 2.24. The quantitative estimate of drug-likeness (QED) is 0.548. The largest absolute Gasteiger partial charge is 0.304 e. The number of benzene rings is 2. The summed E-state index contributed by atoms with van der Waals surface area (Å²) in [6.07, 6.45) is 3.26. The number of hydrogen-bond donors (Lipinski definition) is 2. The van der Waals surface area contributed by atoms with Gasteiger partial charge in [-0.05, 0) is 36.8 Å². The fraction of sp³-hybridized carbons (Fsp3) is 0.0556. The maximum atomic E-state index is 12.5. The van der Waals surface area contributed by atoms with Crippen molar-refractivity contribution in [1.29, 1.82) is 0 Å². The van der Waals surface area contributed by atoms with E-state index in [4.69, 9.17) is 0 Å². The molecule has 0 bridgehead atoms. The zero-order chi connectivity index (χ0) is 17.4. The van der Waals surface area contributed by atoms with Crippen LogP contribution >= 0.6 is 15.9 Å². The van der Waals surface area contributed by atoms with Gasteiger partial charge in [-0.3, -0.25) is 9.89 Å². The van der Waals surface area contributed by atoms with Crippen LogP contribution in [-0.4, -0.2) is 25.9 Å². The number of halogens is 1. The molecule has 0 fully saturated rings. The summed E-state index contributed by atoms with van der Waals surface area (Å²) in [6.45, 7) is 2.00. The number of nitrogens with one attached hydrogen (secondary N) is 2. The van der Waals surface area contributed by atoms with Crippen molar-refractivity contribution in [3.63, 3.8) is 0 Å². The molecule has 0 aliphatic rings. The minimum absolute atomic E-state index is 0.256. The number of H-pyrrole nitrogens is 1. The maximum Gasteiger partial charge on any atom is 0.260 e. The average Bonchev–Trinajstić information content (AvgIpc) is 3.23. The third kappa shape index (κ3) is 2.94. The Bertz CT molecular complexity index is 1080. The first-order chi connectivity index (χ1) is 12.1. The van der Waals surface area contributed by atoms with E-state index in [9.17, 15) is 4.79 Å². The lowest BCUT2D eigenvalue weighted by molar-refractivity contribution is 0.102. The van der Waals surface area contributed by atoms with E-state index in [1.165, 1.54) is 0 Å². The van der Waals surface area contributed by atoms with Gasteiger partial charge in [0.1, 0.15) is 0 Å². The summed E-state index contributed by atoms with van der Waals surface area (Å²) in [7, 11) is 0. The highest BCUT2D eigenvalue weighted by Gasteiger charge is 2.14. The van der Waals surface area contributed by atoms with Crippen LogP contribution in [0.1, 0.15) is 15.9 Å². The van der Waals surface area contributed by atoms with Gasteiger partial charge in [0.05, 0.1) is 23.0 Å². The number of para-hydroxylation sites is 1. The number of amides is 1. The van der Waals surface area contributed by atoms with Crippen LogP contribution in [0.2, 0.25) is 0 Å². The van der Waals surface area contributed by atoms with Crippen molar-refractivity contribution in [2.45, 2.75) is 6.92 Å². The number of aromatic amines is 1. The number of aromatic nitrogens is 4. The molecule has 124 valence electrons. The first-order valence-electron chi connectivity index (χ1n) is 7.67. The Hall–Kier alpha value is -2.93. The first kappa shape index (κ1) is 15.6. The number of hydrogen-bond acceptors (Lipinski definition) is 3. The first-order valence-corrected chi connectivity index (χ1v) is 8.47. The molecule has 7 heteroatoms. The molecule has 25 heavy (non-hydrogen) atoms. The number of aryl methyl sites for hydroxylation is 1. The van der Waals surface area contributed by atoms with Gasteiger partial charge in [-0.25, -0.2) is 4.68 Å². The standard InChI is InChI=1S/C18H14BrN5O/c1-11-4-2-3-5-16(11)24-10-12(9-20-24)18(25)21-17-14-8-13(19)6-7-15(14)22-23-17/h2-10H,1H3,(H2,21,22,23,25). The minimum Gasteiger partial charge on any atom is -0.304 e. The Balaban J connectivity index is 1.61. The van der Waals surface area contributed by atoms with E-state index in [0.717, 1.165) is 26.6 Å². The second kappa shape index (κ2) is 6.18. The number of fused-ring (bicyclic) bond motifs is 1. The lowest BCUT2D eigenvalue weighted by atomic mass is 10.2. The molecule has 2 heterocycles. The van der Waals surface area contributed by atoms with Crippen LogP contribution in [0, 0.1) is 6.92 Å². The molecule has 0 unspecified atom stereocenters. The van der Waals surface area contributed by atoms with Crippen LogP contribution in [0.15, 0.2) is 59.3 Å². The SMILES string of the molecule is Cc1ccccc1-n1cc(C(=O)Nc2n[nH]c3ccc(Br)cc23)cn1. The predicted molar refractivity (Wildman–Crippen MR) is 100 cm³/mol. The van der Waals surface area contributed by atoms with Gasteiger partial charge < -0.3 is 5.32 Å². The fourth-order valence-electron chi connectivity index (χ4n) is 2.65. The topological polar surface area (TPSA) is 75.6 Å². The maximum absolute atomic E-state index is 12.5. The van der Waals surface area contributed by atoms with Gasteiger partial charge in [0.25, 0.3) is 5.91 Å². The van der Waals surface area contributed by atoms with E-state index < -0.39 is 0 Å². The van der Waals surface area contributed by atoms with Crippen molar-refractivity contribution in [3.05, 3.63) is 70.5 Å². The van der Waals surface area contributed by atoms with Crippen molar-refractivity contribution in [3.8, 4) is 5.69 Å². The lowest BCUT2D eigenvalue weighted by Crippen LogP contribution is -2.11. The summed E-state index contributed by atoms with van der Waals surface area (Å²) in [5, 5.41) is 15.0. The number of rotatable bonds is 3. The van der Waals surface area contributed by atoms with Crippen molar-refractivity contribution >= 4 is 38.6 Å². The molecular formula is C18H14BrN5O. The molecule has 2 aromatic heterocycles. The smallest absolute Gasteiger partial charge is 0.260 e. The van der Waals surface area contributed by atoms with Crippen molar-refractivity contribution in [2.75, 3.05) is 5.32 Å². The van der Waals surface area contributed by atoms with Crippen molar-refractivity contribution < 1.29 is 4.79 Å². The van der Waals surface area contributed by atoms with Gasteiger partial charge in [-0.1, -0.05) is 34.1 Å². The minimum atomic E-state index is -0.256. The zero-order valence-electron chi connectivity index (χ0n) is 13.3. The number of carbonyl (C=O) groups is 1. The van der Waals surface area contributed by atoms with Crippen LogP contribution in [0.5, 0.6) is 0 Å².